The second-order valence-corrected chi connectivity index (χ2v) is 6.58. The molecule has 0 spiro atoms. The van der Waals surface area contributed by atoms with Crippen LogP contribution in [0.2, 0.25) is 0 Å². The number of nitrogens with zero attached hydrogens (tertiary/aromatic N) is 1. The topological polar surface area (TPSA) is 91.8 Å². The Kier molecular flexibility index (Phi) is 5.64. The quantitative estimate of drug-likeness (QED) is 0.660. The summed E-state index contributed by atoms with van der Waals surface area (Å²) in [4.78, 5) is 23.4. The van der Waals surface area contributed by atoms with Gasteiger partial charge in [-0.05, 0) is 30.7 Å². The van der Waals surface area contributed by atoms with E-state index in [2.05, 4.69) is 0 Å². The van der Waals surface area contributed by atoms with Crippen molar-refractivity contribution in [1.29, 1.82) is 0 Å². The molecular weight excluding hydrogens is 306 g/mol. The number of carboxylic acids is 1. The van der Waals surface area contributed by atoms with Crippen molar-refractivity contribution in [2.45, 2.75) is 13.8 Å². The number of sulfone groups is 1. The van der Waals surface area contributed by atoms with E-state index in [1.807, 2.05) is 0 Å². The molecule has 0 aliphatic heterocycles. The molecule has 0 aromatic heterocycles. The van der Waals surface area contributed by atoms with Crippen molar-refractivity contribution < 1.29 is 23.1 Å². The average molecular weight is 323 g/mol. The molecule has 0 fully saturated rings. The number of rotatable bonds is 5. The first-order chi connectivity index (χ1) is 10.1. The van der Waals surface area contributed by atoms with Gasteiger partial charge in [-0.15, -0.1) is 0 Å². The fourth-order valence-corrected chi connectivity index (χ4v) is 2.81. The van der Waals surface area contributed by atoms with Crippen LogP contribution in [0.15, 0.2) is 53.1 Å². The Labute approximate surface area is 129 Å². The molecule has 0 atom stereocenters. The van der Waals surface area contributed by atoms with Crippen molar-refractivity contribution in [1.82, 2.24) is 0 Å². The minimum atomic E-state index is -3.87. The predicted octanol–water partition coefficient (Wildman–Crippen LogP) is 1.96. The molecule has 0 radical (unpaired) electrons. The van der Waals surface area contributed by atoms with Gasteiger partial charge in [-0.3, -0.25) is 9.69 Å². The molecule has 0 saturated heterocycles. The Bertz CT molecular complexity index is 732. The van der Waals surface area contributed by atoms with Gasteiger partial charge in [0.1, 0.15) is 0 Å². The first-order valence-corrected chi connectivity index (χ1v) is 8.21. The smallest absolute Gasteiger partial charge is 0.347 e. The summed E-state index contributed by atoms with van der Waals surface area (Å²) < 4.78 is 23.0. The molecule has 118 valence electrons. The number of aliphatic carboxylic acids is 1. The molecule has 1 aromatic carbocycles. The predicted molar refractivity (Wildman–Crippen MR) is 83.9 cm³/mol. The zero-order chi connectivity index (χ0) is 16.9. The largest absolute Gasteiger partial charge is 0.477 e. The van der Waals surface area contributed by atoms with Gasteiger partial charge in [0.25, 0.3) is 0 Å². The van der Waals surface area contributed by atoms with Crippen LogP contribution in [0.3, 0.4) is 0 Å². The van der Waals surface area contributed by atoms with Crippen molar-refractivity contribution in [2.75, 3.05) is 11.2 Å². The van der Waals surface area contributed by atoms with Gasteiger partial charge in [0.05, 0.1) is 0 Å². The lowest BCUT2D eigenvalue weighted by atomic mass is 10.2. The number of carbonyl (C=O) groups excluding carboxylic acids is 1. The molecule has 1 N–H and O–H groups in total. The standard InChI is InChI=1S/C15H17NO5S/c1-11(14(15(18)19)22(3,20)21)9-10-16(12(2)17)13-7-5-4-6-8-13/h4-10H,1-3H3,(H,18,19). The lowest BCUT2D eigenvalue weighted by molar-refractivity contribution is -0.131. The summed E-state index contributed by atoms with van der Waals surface area (Å²) in [5, 5.41) is 9.02. The fourth-order valence-electron chi connectivity index (χ4n) is 1.84. The zero-order valence-corrected chi connectivity index (χ0v) is 13.3. The minimum Gasteiger partial charge on any atom is -0.477 e. The van der Waals surface area contributed by atoms with E-state index in [4.69, 9.17) is 5.11 Å². The van der Waals surface area contributed by atoms with Crippen LogP contribution >= 0.6 is 0 Å². The van der Waals surface area contributed by atoms with Crippen LogP contribution in [0.5, 0.6) is 0 Å². The van der Waals surface area contributed by atoms with Crippen LogP contribution in [0, 0.1) is 0 Å². The molecule has 1 aromatic rings. The normalized spacial score (nSPS) is 12.9. The summed E-state index contributed by atoms with van der Waals surface area (Å²) in [6.07, 6.45) is 3.47. The fraction of sp³-hybridized carbons (Fsp3) is 0.200. The summed E-state index contributed by atoms with van der Waals surface area (Å²) in [6.45, 7) is 2.72. The Morgan fingerprint density at radius 1 is 1.14 bits per heavy atom. The highest BCUT2D eigenvalue weighted by atomic mass is 32.2. The lowest BCUT2D eigenvalue weighted by Gasteiger charge is -2.16. The maximum atomic E-state index is 11.7. The van der Waals surface area contributed by atoms with E-state index < -0.39 is 20.7 Å². The SMILES string of the molecule is CC(=O)N(C=CC(C)=C(C(=O)O)S(C)(=O)=O)c1ccccc1. The number of allylic oxidation sites excluding steroid dienone is 2. The number of para-hydroxylation sites is 1. The third-order valence-electron chi connectivity index (χ3n) is 2.77. The van der Waals surface area contributed by atoms with Gasteiger partial charge >= 0.3 is 5.97 Å². The van der Waals surface area contributed by atoms with Crippen molar-refractivity contribution in [3.05, 3.63) is 53.1 Å². The third kappa shape index (κ3) is 4.56. The maximum Gasteiger partial charge on any atom is 0.347 e. The van der Waals surface area contributed by atoms with Crippen LogP contribution < -0.4 is 4.90 Å². The highest BCUT2D eigenvalue weighted by Crippen LogP contribution is 2.17. The number of hydrogen-bond donors (Lipinski definition) is 1. The second-order valence-electron chi connectivity index (χ2n) is 4.63. The zero-order valence-electron chi connectivity index (χ0n) is 12.5. The molecule has 22 heavy (non-hydrogen) atoms. The number of amides is 1. The van der Waals surface area contributed by atoms with Crippen LogP contribution in [0.25, 0.3) is 0 Å². The van der Waals surface area contributed by atoms with Crippen LogP contribution in [0.1, 0.15) is 13.8 Å². The maximum absolute atomic E-state index is 11.7. The number of hydrogen-bond acceptors (Lipinski definition) is 4. The third-order valence-corrected chi connectivity index (χ3v) is 4.01. The van der Waals surface area contributed by atoms with Gasteiger partial charge in [-0.25, -0.2) is 13.2 Å². The number of carbonyl (C=O) groups is 2. The molecule has 7 heteroatoms. The van der Waals surface area contributed by atoms with E-state index in [1.54, 1.807) is 30.3 Å². The molecule has 0 aliphatic rings. The average Bonchev–Trinajstić information content (AvgIpc) is 2.37. The van der Waals surface area contributed by atoms with Gasteiger partial charge < -0.3 is 5.11 Å². The molecule has 1 amide bonds. The van der Waals surface area contributed by atoms with E-state index in [1.165, 1.54) is 31.0 Å². The highest BCUT2D eigenvalue weighted by molar-refractivity contribution is 7.95. The van der Waals surface area contributed by atoms with Crippen molar-refractivity contribution in [2.24, 2.45) is 0 Å². The Hall–Kier alpha value is -2.41. The van der Waals surface area contributed by atoms with E-state index in [0.29, 0.717) is 5.69 Å². The number of anilines is 1. The van der Waals surface area contributed by atoms with Gasteiger partial charge in [0.15, 0.2) is 14.7 Å². The van der Waals surface area contributed by atoms with Gasteiger partial charge in [0, 0.05) is 25.1 Å². The summed E-state index contributed by atoms with van der Waals surface area (Å²) in [7, 11) is -3.87. The lowest BCUT2D eigenvalue weighted by Crippen LogP contribution is -2.22. The number of benzene rings is 1. The van der Waals surface area contributed by atoms with Crippen LogP contribution in [-0.2, 0) is 19.4 Å². The summed E-state index contributed by atoms with van der Waals surface area (Å²) in [5.74, 6) is -1.81. The first-order valence-electron chi connectivity index (χ1n) is 6.32. The van der Waals surface area contributed by atoms with Gasteiger partial charge in [-0.2, -0.15) is 0 Å². The monoisotopic (exact) mass is 323 g/mol. The molecule has 0 bridgehead atoms. The van der Waals surface area contributed by atoms with Gasteiger partial charge in [0.2, 0.25) is 5.91 Å². The molecule has 1 rings (SSSR count). The van der Waals surface area contributed by atoms with Crippen molar-refractivity contribution in [3.8, 4) is 0 Å². The number of carboxylic acid groups (broad SMARTS) is 1. The first kappa shape index (κ1) is 17.6. The molecule has 0 heterocycles. The molecule has 0 saturated carbocycles. The second kappa shape index (κ2) is 7.04. The Morgan fingerprint density at radius 2 is 1.68 bits per heavy atom. The van der Waals surface area contributed by atoms with E-state index in [0.717, 1.165) is 6.26 Å². The highest BCUT2D eigenvalue weighted by Gasteiger charge is 2.21. The van der Waals surface area contributed by atoms with Crippen LogP contribution in [0.4, 0.5) is 5.69 Å². The van der Waals surface area contributed by atoms with Gasteiger partial charge in [-0.1, -0.05) is 18.2 Å². The molecule has 6 nitrogen and oxygen atoms in total. The van der Waals surface area contributed by atoms with Crippen molar-refractivity contribution in [3.63, 3.8) is 0 Å². The Morgan fingerprint density at radius 3 is 2.09 bits per heavy atom. The summed E-state index contributed by atoms with van der Waals surface area (Å²) >= 11 is 0. The summed E-state index contributed by atoms with van der Waals surface area (Å²) in [5.41, 5.74) is 0.632. The summed E-state index contributed by atoms with van der Waals surface area (Å²) in [6, 6.07) is 8.71. The van der Waals surface area contributed by atoms with E-state index >= 15 is 0 Å². The molecule has 0 aliphatic carbocycles. The molecular formula is C15H17NO5S. The minimum absolute atomic E-state index is 0.0391. The van der Waals surface area contributed by atoms with E-state index in [-0.39, 0.29) is 11.5 Å². The molecule has 0 unspecified atom stereocenters. The van der Waals surface area contributed by atoms with Crippen LogP contribution in [-0.4, -0.2) is 31.7 Å². The van der Waals surface area contributed by atoms with Crippen molar-refractivity contribution >= 4 is 27.4 Å². The van der Waals surface area contributed by atoms with E-state index in [9.17, 15) is 18.0 Å². The Balaban J connectivity index is 3.26.